The van der Waals surface area contributed by atoms with Gasteiger partial charge in [0, 0.05) is 50.3 Å². The number of rotatable bonds is 3. The number of likely N-dealkylation sites (tertiary alicyclic amines) is 1. The third-order valence-electron chi connectivity index (χ3n) is 5.76. The number of hydrogen-bond acceptors (Lipinski definition) is 5. The van der Waals surface area contributed by atoms with Crippen molar-refractivity contribution < 1.29 is 14.3 Å². The lowest BCUT2D eigenvalue weighted by atomic mass is 10.00. The summed E-state index contributed by atoms with van der Waals surface area (Å²) in [5, 5.41) is 0. The molecule has 29 heavy (non-hydrogen) atoms. The molecule has 1 saturated heterocycles. The van der Waals surface area contributed by atoms with Crippen LogP contribution in [0.4, 0.5) is 0 Å². The predicted octanol–water partition coefficient (Wildman–Crippen LogP) is 2.76. The molecule has 0 saturated carbocycles. The van der Waals surface area contributed by atoms with Gasteiger partial charge in [-0.05, 0) is 37.5 Å². The second-order valence-electron chi connectivity index (χ2n) is 7.63. The van der Waals surface area contributed by atoms with E-state index in [-0.39, 0.29) is 17.9 Å². The summed E-state index contributed by atoms with van der Waals surface area (Å²) in [6.07, 6.45) is 5.53. The van der Waals surface area contributed by atoms with Crippen molar-refractivity contribution in [3.05, 3.63) is 53.1 Å². The molecule has 2 aliphatic heterocycles. The van der Waals surface area contributed by atoms with Gasteiger partial charge in [0.1, 0.15) is 5.75 Å². The molecule has 1 aromatic carbocycles. The summed E-state index contributed by atoms with van der Waals surface area (Å²) in [7, 11) is 1.59. The van der Waals surface area contributed by atoms with Crippen molar-refractivity contribution in [3.8, 4) is 5.75 Å². The summed E-state index contributed by atoms with van der Waals surface area (Å²) in [5.41, 5.74) is 2.57. The molecular formula is C22H26N4O3. The smallest absolute Gasteiger partial charge is 0.254 e. The topological polar surface area (TPSA) is 75.6 Å². The number of carbonyl (C=O) groups is 2. The van der Waals surface area contributed by atoms with Crippen molar-refractivity contribution in [1.29, 1.82) is 0 Å². The van der Waals surface area contributed by atoms with Crippen molar-refractivity contribution in [1.82, 2.24) is 19.8 Å². The van der Waals surface area contributed by atoms with Crippen molar-refractivity contribution in [2.75, 3.05) is 20.2 Å². The fourth-order valence-corrected chi connectivity index (χ4v) is 4.18. The van der Waals surface area contributed by atoms with Gasteiger partial charge in [-0.1, -0.05) is 6.07 Å². The summed E-state index contributed by atoms with van der Waals surface area (Å²) in [4.78, 5) is 38.0. The van der Waals surface area contributed by atoms with Crippen molar-refractivity contribution in [2.24, 2.45) is 0 Å². The maximum Gasteiger partial charge on any atom is 0.254 e. The van der Waals surface area contributed by atoms with Crippen LogP contribution in [-0.4, -0.2) is 51.8 Å². The number of benzene rings is 1. The number of aromatic nitrogens is 2. The molecule has 7 nitrogen and oxygen atoms in total. The van der Waals surface area contributed by atoms with Crippen LogP contribution >= 0.6 is 0 Å². The molecule has 2 aliphatic rings. The number of methoxy groups -OCH3 is 1. The van der Waals surface area contributed by atoms with Crippen LogP contribution in [0.1, 0.15) is 59.7 Å². The SMILES string of the molecule is COc1cccc(C(=O)N2CCc3nc([C@@H]4CCCCN4C(C)=O)ncc3C2)c1. The first-order valence-electron chi connectivity index (χ1n) is 10.1. The van der Waals surface area contributed by atoms with Gasteiger partial charge in [0.2, 0.25) is 5.91 Å². The fourth-order valence-electron chi connectivity index (χ4n) is 4.18. The molecule has 1 fully saturated rings. The van der Waals surface area contributed by atoms with Gasteiger partial charge < -0.3 is 14.5 Å². The first kappa shape index (κ1) is 19.4. The summed E-state index contributed by atoms with van der Waals surface area (Å²) >= 11 is 0. The molecule has 3 heterocycles. The summed E-state index contributed by atoms with van der Waals surface area (Å²) in [6.45, 7) is 3.48. The molecule has 1 atom stereocenters. The van der Waals surface area contributed by atoms with Gasteiger partial charge in [-0.25, -0.2) is 9.97 Å². The summed E-state index contributed by atoms with van der Waals surface area (Å²) < 4.78 is 5.23. The molecule has 7 heteroatoms. The molecule has 0 spiro atoms. The lowest BCUT2D eigenvalue weighted by Crippen LogP contribution is -2.39. The van der Waals surface area contributed by atoms with Gasteiger partial charge >= 0.3 is 0 Å². The van der Waals surface area contributed by atoms with E-state index < -0.39 is 0 Å². The van der Waals surface area contributed by atoms with E-state index in [4.69, 9.17) is 9.72 Å². The minimum absolute atomic E-state index is 0.0198. The van der Waals surface area contributed by atoms with Gasteiger partial charge in [0.15, 0.2) is 5.82 Å². The predicted molar refractivity (Wildman–Crippen MR) is 107 cm³/mol. The largest absolute Gasteiger partial charge is 0.497 e. The molecule has 2 amide bonds. The minimum Gasteiger partial charge on any atom is -0.497 e. The van der Waals surface area contributed by atoms with Crippen LogP contribution in [0.2, 0.25) is 0 Å². The lowest BCUT2D eigenvalue weighted by molar-refractivity contribution is -0.132. The van der Waals surface area contributed by atoms with Crippen LogP contribution < -0.4 is 4.74 Å². The van der Waals surface area contributed by atoms with Crippen LogP contribution in [0.15, 0.2) is 30.5 Å². The van der Waals surface area contributed by atoms with Gasteiger partial charge in [-0.15, -0.1) is 0 Å². The molecule has 0 aliphatic carbocycles. The average Bonchev–Trinajstić information content (AvgIpc) is 2.77. The van der Waals surface area contributed by atoms with E-state index in [2.05, 4.69) is 4.98 Å². The Morgan fingerprint density at radius 3 is 2.86 bits per heavy atom. The minimum atomic E-state index is -0.0389. The molecule has 0 unspecified atom stereocenters. The van der Waals surface area contributed by atoms with Crippen molar-refractivity contribution in [3.63, 3.8) is 0 Å². The molecule has 152 valence electrons. The number of nitrogens with zero attached hydrogens (tertiary/aromatic N) is 4. The van der Waals surface area contributed by atoms with Crippen molar-refractivity contribution in [2.45, 2.75) is 45.2 Å². The maximum absolute atomic E-state index is 12.9. The first-order valence-corrected chi connectivity index (χ1v) is 10.1. The zero-order chi connectivity index (χ0) is 20.4. The van der Waals surface area contributed by atoms with E-state index in [0.29, 0.717) is 30.8 Å². The Morgan fingerprint density at radius 2 is 2.07 bits per heavy atom. The highest BCUT2D eigenvalue weighted by atomic mass is 16.5. The quantitative estimate of drug-likeness (QED) is 0.800. The normalized spacial score (nSPS) is 18.9. The fraction of sp³-hybridized carbons (Fsp3) is 0.455. The lowest BCUT2D eigenvalue weighted by Gasteiger charge is -2.35. The molecule has 2 aromatic rings. The highest BCUT2D eigenvalue weighted by molar-refractivity contribution is 5.94. The monoisotopic (exact) mass is 394 g/mol. The Morgan fingerprint density at radius 1 is 1.21 bits per heavy atom. The number of ether oxygens (including phenoxy) is 1. The Labute approximate surface area is 170 Å². The zero-order valence-electron chi connectivity index (χ0n) is 16.9. The molecule has 0 radical (unpaired) electrons. The van der Waals surface area contributed by atoms with Crippen LogP contribution in [0, 0.1) is 0 Å². The second-order valence-corrected chi connectivity index (χ2v) is 7.63. The van der Waals surface area contributed by atoms with Gasteiger partial charge in [-0.2, -0.15) is 0 Å². The number of amides is 2. The highest BCUT2D eigenvalue weighted by Gasteiger charge is 2.30. The van der Waals surface area contributed by atoms with E-state index in [0.717, 1.165) is 42.9 Å². The number of hydrogen-bond donors (Lipinski definition) is 0. The summed E-state index contributed by atoms with van der Waals surface area (Å²) in [6, 6.07) is 7.18. The second kappa shape index (κ2) is 8.19. The Bertz CT molecular complexity index is 930. The molecule has 1 aromatic heterocycles. The Balaban J connectivity index is 1.52. The van der Waals surface area contributed by atoms with Crippen LogP contribution in [0.5, 0.6) is 5.75 Å². The average molecular weight is 394 g/mol. The standard InChI is InChI=1S/C22H26N4O3/c1-15(27)26-10-4-3-8-20(26)21-23-13-17-14-25(11-9-19(17)24-21)22(28)16-6-5-7-18(12-16)29-2/h5-7,12-13,20H,3-4,8-11,14H2,1-2H3/t20-/m0/s1. The number of fused-ring (bicyclic) bond motifs is 1. The maximum atomic E-state index is 12.9. The van der Waals surface area contributed by atoms with Crippen molar-refractivity contribution >= 4 is 11.8 Å². The van der Waals surface area contributed by atoms with Crippen LogP contribution in [0.3, 0.4) is 0 Å². The molecular weight excluding hydrogens is 368 g/mol. The third-order valence-corrected chi connectivity index (χ3v) is 5.76. The molecule has 4 rings (SSSR count). The molecule has 0 N–H and O–H groups in total. The van der Waals surface area contributed by atoms with E-state index in [1.807, 2.05) is 28.1 Å². The third kappa shape index (κ3) is 3.95. The van der Waals surface area contributed by atoms with Gasteiger partial charge in [0.25, 0.3) is 5.91 Å². The van der Waals surface area contributed by atoms with E-state index in [1.54, 1.807) is 26.2 Å². The van der Waals surface area contributed by atoms with Crippen LogP contribution in [-0.2, 0) is 17.8 Å². The van der Waals surface area contributed by atoms with E-state index >= 15 is 0 Å². The van der Waals surface area contributed by atoms with Gasteiger partial charge in [0.05, 0.1) is 18.8 Å². The summed E-state index contributed by atoms with van der Waals surface area (Å²) in [5.74, 6) is 1.45. The molecule has 0 bridgehead atoms. The number of piperidine rings is 1. The Hall–Kier alpha value is -2.96. The van der Waals surface area contributed by atoms with E-state index in [1.165, 1.54) is 0 Å². The van der Waals surface area contributed by atoms with Gasteiger partial charge in [-0.3, -0.25) is 9.59 Å². The Kier molecular flexibility index (Phi) is 5.47. The highest BCUT2D eigenvalue weighted by Crippen LogP contribution is 2.30. The van der Waals surface area contributed by atoms with E-state index in [9.17, 15) is 9.59 Å². The first-order chi connectivity index (χ1) is 14.1. The number of carbonyl (C=O) groups excluding carboxylic acids is 2. The zero-order valence-corrected chi connectivity index (χ0v) is 16.9. The van der Waals surface area contributed by atoms with Crippen LogP contribution in [0.25, 0.3) is 0 Å².